The van der Waals surface area contributed by atoms with Crippen LogP contribution in [-0.4, -0.2) is 50.4 Å². The van der Waals surface area contributed by atoms with Gasteiger partial charge in [-0.1, -0.05) is 4.89 Å². The van der Waals surface area contributed by atoms with Gasteiger partial charge in [0.15, 0.2) is 0 Å². The van der Waals surface area contributed by atoms with E-state index in [0.717, 1.165) is 4.31 Å². The maximum absolute atomic E-state index is 11.9. The number of carbonyl (C=O) groups is 2. The van der Waals surface area contributed by atoms with Gasteiger partial charge in [0, 0.05) is 6.54 Å². The standard InChI is InChI=1S/C9H17N3O6S/c1-2-17-9(14)7-4-3-5-12(7)19(15,16)11-18-6-8(10)13/h7,11H,2-6H2,1H3,(H2,10,13). The molecule has 1 rings (SSSR count). The van der Waals surface area contributed by atoms with Gasteiger partial charge in [-0.15, -0.1) is 0 Å². The number of nitrogens with zero attached hydrogens (tertiary/aromatic N) is 1. The molecular formula is C9H17N3O6S. The van der Waals surface area contributed by atoms with Crippen LogP contribution in [0.3, 0.4) is 0 Å². The Bertz CT molecular complexity index is 437. The van der Waals surface area contributed by atoms with Crippen molar-refractivity contribution >= 4 is 22.1 Å². The average Bonchev–Trinajstić information content (AvgIpc) is 2.78. The molecule has 1 saturated heterocycles. The van der Waals surface area contributed by atoms with Crippen LogP contribution >= 0.6 is 0 Å². The van der Waals surface area contributed by atoms with Crippen LogP contribution in [0.15, 0.2) is 0 Å². The molecule has 9 nitrogen and oxygen atoms in total. The smallest absolute Gasteiger partial charge is 0.324 e. The Morgan fingerprint density at radius 2 is 2.16 bits per heavy atom. The number of ether oxygens (including phenoxy) is 1. The summed E-state index contributed by atoms with van der Waals surface area (Å²) >= 11 is 0. The molecule has 1 atom stereocenters. The lowest BCUT2D eigenvalue weighted by molar-refractivity contribution is -0.147. The van der Waals surface area contributed by atoms with Gasteiger partial charge in [0.25, 0.3) is 0 Å². The highest BCUT2D eigenvalue weighted by Crippen LogP contribution is 2.21. The molecule has 0 aromatic rings. The molecule has 0 bridgehead atoms. The number of nitrogens with two attached hydrogens (primary N) is 1. The molecule has 0 aromatic carbocycles. The fraction of sp³-hybridized carbons (Fsp3) is 0.778. The van der Waals surface area contributed by atoms with E-state index >= 15 is 0 Å². The quantitative estimate of drug-likeness (QED) is 0.424. The van der Waals surface area contributed by atoms with Crippen molar-refractivity contribution in [1.82, 2.24) is 9.19 Å². The molecule has 10 heteroatoms. The highest BCUT2D eigenvalue weighted by atomic mass is 32.2. The van der Waals surface area contributed by atoms with Crippen molar-refractivity contribution in [2.75, 3.05) is 19.8 Å². The minimum atomic E-state index is -4.02. The van der Waals surface area contributed by atoms with Crippen molar-refractivity contribution in [2.24, 2.45) is 5.73 Å². The van der Waals surface area contributed by atoms with Gasteiger partial charge in [0.1, 0.15) is 12.6 Å². The van der Waals surface area contributed by atoms with Crippen molar-refractivity contribution in [3.63, 3.8) is 0 Å². The van der Waals surface area contributed by atoms with Crippen LogP contribution in [0.4, 0.5) is 0 Å². The molecule has 0 radical (unpaired) electrons. The summed E-state index contributed by atoms with van der Waals surface area (Å²) in [7, 11) is -4.02. The first-order valence-corrected chi connectivity index (χ1v) is 7.17. The summed E-state index contributed by atoms with van der Waals surface area (Å²) in [6.45, 7) is 1.41. The van der Waals surface area contributed by atoms with E-state index in [2.05, 4.69) is 4.84 Å². The molecule has 0 aliphatic carbocycles. The summed E-state index contributed by atoms with van der Waals surface area (Å²) in [6.07, 6.45) is 0.926. The monoisotopic (exact) mass is 295 g/mol. The maximum atomic E-state index is 11.9. The third-order valence-electron chi connectivity index (χ3n) is 2.45. The molecule has 1 heterocycles. The number of hydrogen-bond donors (Lipinski definition) is 2. The van der Waals surface area contributed by atoms with Crippen molar-refractivity contribution in [1.29, 1.82) is 0 Å². The Balaban J connectivity index is 2.65. The number of hydrogen-bond acceptors (Lipinski definition) is 6. The number of esters is 1. The molecule has 1 fully saturated rings. The lowest BCUT2D eigenvalue weighted by Gasteiger charge is -2.22. The van der Waals surface area contributed by atoms with E-state index < -0.39 is 34.7 Å². The van der Waals surface area contributed by atoms with Crippen LogP contribution in [0.2, 0.25) is 0 Å². The first-order valence-electron chi connectivity index (χ1n) is 5.73. The van der Waals surface area contributed by atoms with E-state index in [1.807, 2.05) is 0 Å². The Kier molecular flexibility index (Phi) is 5.66. The Labute approximate surface area is 111 Å². The zero-order valence-corrected chi connectivity index (χ0v) is 11.3. The molecule has 19 heavy (non-hydrogen) atoms. The number of primary amides is 1. The van der Waals surface area contributed by atoms with Crippen molar-refractivity contribution in [3.8, 4) is 0 Å². The fourth-order valence-electron chi connectivity index (χ4n) is 1.72. The van der Waals surface area contributed by atoms with Crippen LogP contribution in [0.25, 0.3) is 0 Å². The molecule has 1 amide bonds. The average molecular weight is 295 g/mol. The topological polar surface area (TPSA) is 128 Å². The zero-order valence-electron chi connectivity index (χ0n) is 10.5. The zero-order chi connectivity index (χ0) is 14.5. The summed E-state index contributed by atoms with van der Waals surface area (Å²) < 4.78 is 29.5. The van der Waals surface area contributed by atoms with E-state index in [0.29, 0.717) is 12.8 Å². The summed E-state index contributed by atoms with van der Waals surface area (Å²) in [4.78, 5) is 28.3. The fourth-order valence-corrected chi connectivity index (χ4v) is 2.92. The van der Waals surface area contributed by atoms with Gasteiger partial charge in [0.2, 0.25) is 5.91 Å². The summed E-state index contributed by atoms with van der Waals surface area (Å²) in [5, 5.41) is 0. The first kappa shape index (κ1) is 15.8. The van der Waals surface area contributed by atoms with Gasteiger partial charge < -0.3 is 10.5 Å². The molecule has 3 N–H and O–H groups in total. The molecular weight excluding hydrogens is 278 g/mol. The van der Waals surface area contributed by atoms with Crippen LogP contribution < -0.4 is 10.6 Å². The van der Waals surface area contributed by atoms with E-state index in [1.54, 1.807) is 11.8 Å². The molecule has 0 spiro atoms. The lowest BCUT2D eigenvalue weighted by Crippen LogP contribution is -2.47. The predicted octanol–water partition coefficient (Wildman–Crippen LogP) is -1.73. The van der Waals surface area contributed by atoms with E-state index in [9.17, 15) is 18.0 Å². The third kappa shape index (κ3) is 4.42. The molecule has 1 aliphatic heterocycles. The van der Waals surface area contributed by atoms with E-state index in [-0.39, 0.29) is 13.2 Å². The lowest BCUT2D eigenvalue weighted by atomic mass is 10.2. The normalized spacial score (nSPS) is 20.4. The summed E-state index contributed by atoms with van der Waals surface area (Å²) in [6, 6.07) is -0.866. The van der Waals surface area contributed by atoms with Crippen LogP contribution in [0.1, 0.15) is 19.8 Å². The predicted molar refractivity (Wildman–Crippen MR) is 63.6 cm³/mol. The second-order valence-corrected chi connectivity index (χ2v) is 5.45. The van der Waals surface area contributed by atoms with E-state index in [1.165, 1.54) is 0 Å². The van der Waals surface area contributed by atoms with E-state index in [4.69, 9.17) is 10.5 Å². The number of nitrogens with one attached hydrogen (secondary N) is 1. The largest absolute Gasteiger partial charge is 0.465 e. The van der Waals surface area contributed by atoms with Crippen LogP contribution in [0, 0.1) is 0 Å². The summed E-state index contributed by atoms with van der Waals surface area (Å²) in [5.74, 6) is -1.41. The number of carbonyl (C=O) groups excluding carboxylic acids is 2. The molecule has 0 saturated carbocycles. The third-order valence-corrected chi connectivity index (χ3v) is 3.83. The van der Waals surface area contributed by atoms with Crippen LogP contribution in [0.5, 0.6) is 0 Å². The van der Waals surface area contributed by atoms with Crippen LogP contribution in [-0.2, 0) is 29.4 Å². The highest BCUT2D eigenvalue weighted by Gasteiger charge is 2.39. The molecule has 110 valence electrons. The van der Waals surface area contributed by atoms with Crippen molar-refractivity contribution < 1.29 is 27.6 Å². The van der Waals surface area contributed by atoms with Gasteiger partial charge in [0.05, 0.1) is 6.61 Å². The minimum Gasteiger partial charge on any atom is -0.465 e. The Hall–Kier alpha value is -1.23. The van der Waals surface area contributed by atoms with Gasteiger partial charge >= 0.3 is 16.2 Å². The second kappa shape index (κ2) is 6.80. The molecule has 0 aromatic heterocycles. The van der Waals surface area contributed by atoms with Gasteiger partial charge in [-0.25, -0.2) is 0 Å². The van der Waals surface area contributed by atoms with Crippen molar-refractivity contribution in [3.05, 3.63) is 0 Å². The number of rotatable bonds is 7. The summed E-state index contributed by atoms with van der Waals surface area (Å²) in [5.41, 5.74) is 4.80. The maximum Gasteiger partial charge on any atom is 0.324 e. The van der Waals surface area contributed by atoms with Crippen molar-refractivity contribution in [2.45, 2.75) is 25.8 Å². The highest BCUT2D eigenvalue weighted by molar-refractivity contribution is 7.87. The minimum absolute atomic E-state index is 0.175. The van der Waals surface area contributed by atoms with Gasteiger partial charge in [-0.2, -0.15) is 12.7 Å². The molecule has 1 aliphatic rings. The second-order valence-electron chi connectivity index (χ2n) is 3.86. The number of amides is 1. The molecule has 1 unspecified atom stereocenters. The Morgan fingerprint density at radius 3 is 2.74 bits per heavy atom. The SMILES string of the molecule is CCOC(=O)C1CCCN1S(=O)(=O)NOCC(N)=O. The first-order chi connectivity index (χ1) is 8.88. The van der Waals surface area contributed by atoms with Gasteiger partial charge in [-0.05, 0) is 19.8 Å². The Morgan fingerprint density at radius 1 is 1.47 bits per heavy atom. The van der Waals surface area contributed by atoms with Gasteiger partial charge in [-0.3, -0.25) is 14.4 Å².